The summed E-state index contributed by atoms with van der Waals surface area (Å²) in [6, 6.07) is 13.1. The minimum absolute atomic E-state index is 0.0214. The predicted octanol–water partition coefficient (Wildman–Crippen LogP) is 4.96. The topological polar surface area (TPSA) is 85.0 Å². The number of benzene rings is 2. The molecule has 0 aliphatic heterocycles. The molecule has 0 atom stereocenters. The second-order valence-corrected chi connectivity index (χ2v) is 6.77. The number of nitrogens with one attached hydrogen (secondary N) is 2. The van der Waals surface area contributed by atoms with Crippen molar-refractivity contribution >= 4 is 57.7 Å². The molecule has 0 spiro atoms. The van der Waals surface area contributed by atoms with Gasteiger partial charge in [-0.05, 0) is 36.0 Å². The van der Waals surface area contributed by atoms with E-state index >= 15 is 0 Å². The summed E-state index contributed by atoms with van der Waals surface area (Å²) in [7, 11) is 0. The van der Waals surface area contributed by atoms with Gasteiger partial charge in [0.05, 0.1) is 11.5 Å². The Bertz CT molecular complexity index is 1010. The molecular formula is C17H13Cl2N5O2S. The molecule has 7 nitrogen and oxygen atoms in total. The van der Waals surface area contributed by atoms with Crippen LogP contribution in [-0.4, -0.2) is 19.8 Å². The van der Waals surface area contributed by atoms with Crippen LogP contribution in [0, 0.1) is 10.1 Å². The van der Waals surface area contributed by atoms with Crippen LogP contribution in [0.25, 0.3) is 0 Å². The van der Waals surface area contributed by atoms with Crippen molar-refractivity contribution in [3.63, 3.8) is 0 Å². The zero-order valence-corrected chi connectivity index (χ0v) is 16.1. The number of hydrogen-bond donors (Lipinski definition) is 2. The smallest absolute Gasteiger partial charge is 0.271 e. The molecule has 0 saturated heterocycles. The van der Waals surface area contributed by atoms with Gasteiger partial charge in [0.25, 0.3) is 5.69 Å². The van der Waals surface area contributed by atoms with Crippen molar-refractivity contribution in [1.82, 2.24) is 9.78 Å². The number of aromatic nitrogens is 2. The van der Waals surface area contributed by atoms with Gasteiger partial charge in [0.1, 0.15) is 0 Å². The Kier molecular flexibility index (Phi) is 5.90. The van der Waals surface area contributed by atoms with Crippen molar-refractivity contribution in [2.24, 2.45) is 0 Å². The maximum Gasteiger partial charge on any atom is 0.271 e. The number of halogens is 2. The third kappa shape index (κ3) is 5.16. The van der Waals surface area contributed by atoms with Crippen molar-refractivity contribution in [3.05, 3.63) is 80.5 Å². The second kappa shape index (κ2) is 8.34. The first-order valence-electron chi connectivity index (χ1n) is 7.70. The lowest BCUT2D eigenvalue weighted by atomic mass is 10.2. The lowest BCUT2D eigenvalue weighted by Gasteiger charge is -2.08. The minimum Gasteiger partial charge on any atom is -0.332 e. The number of nitrogens with zero attached hydrogens (tertiary/aromatic N) is 3. The summed E-state index contributed by atoms with van der Waals surface area (Å²) >= 11 is 17.3. The Hall–Kier alpha value is -2.68. The summed E-state index contributed by atoms with van der Waals surface area (Å²) in [5.74, 6) is 0.531. The molecule has 3 rings (SSSR count). The van der Waals surface area contributed by atoms with Crippen LogP contribution in [0.2, 0.25) is 10.0 Å². The van der Waals surface area contributed by atoms with Crippen LogP contribution >= 0.6 is 35.4 Å². The number of thiocarbonyl (C=S) groups is 1. The van der Waals surface area contributed by atoms with Gasteiger partial charge >= 0.3 is 0 Å². The van der Waals surface area contributed by atoms with E-state index in [1.807, 2.05) is 6.07 Å². The van der Waals surface area contributed by atoms with Crippen LogP contribution in [0.3, 0.4) is 0 Å². The van der Waals surface area contributed by atoms with E-state index in [9.17, 15) is 10.1 Å². The van der Waals surface area contributed by atoms with Gasteiger partial charge in [0, 0.05) is 40.1 Å². The lowest BCUT2D eigenvalue weighted by Crippen LogP contribution is -2.19. The van der Waals surface area contributed by atoms with Gasteiger partial charge in [-0.15, -0.1) is 0 Å². The zero-order chi connectivity index (χ0) is 19.4. The average Bonchev–Trinajstić information content (AvgIpc) is 3.04. The molecule has 0 aliphatic carbocycles. The van der Waals surface area contributed by atoms with E-state index in [1.54, 1.807) is 41.2 Å². The summed E-state index contributed by atoms with van der Waals surface area (Å²) in [6.45, 7) is 0.475. The van der Waals surface area contributed by atoms with Gasteiger partial charge in [-0.2, -0.15) is 5.10 Å². The van der Waals surface area contributed by atoms with Crippen molar-refractivity contribution in [2.75, 3.05) is 10.6 Å². The SMILES string of the molecule is O=[N+]([O-])c1cccc(NC(=S)Nc2ccn(Cc3ccc(Cl)cc3Cl)n2)c1. The first-order chi connectivity index (χ1) is 12.9. The maximum atomic E-state index is 10.8. The fraction of sp³-hybridized carbons (Fsp3) is 0.0588. The number of non-ortho nitro benzene ring substituents is 1. The van der Waals surface area contributed by atoms with E-state index < -0.39 is 4.92 Å². The molecule has 2 aromatic carbocycles. The van der Waals surface area contributed by atoms with E-state index in [1.165, 1.54) is 12.1 Å². The van der Waals surface area contributed by atoms with Crippen LogP contribution in [-0.2, 0) is 6.54 Å². The normalized spacial score (nSPS) is 10.4. The van der Waals surface area contributed by atoms with Gasteiger partial charge in [-0.1, -0.05) is 35.3 Å². The Balaban J connectivity index is 1.62. The number of rotatable bonds is 5. The second-order valence-electron chi connectivity index (χ2n) is 5.52. The van der Waals surface area contributed by atoms with E-state index in [0.717, 1.165) is 5.56 Å². The van der Waals surface area contributed by atoms with E-state index in [4.69, 9.17) is 35.4 Å². The molecule has 0 unspecified atom stereocenters. The summed E-state index contributed by atoms with van der Waals surface area (Å²) in [4.78, 5) is 10.4. The Labute approximate surface area is 170 Å². The van der Waals surface area contributed by atoms with Crippen LogP contribution in [0.1, 0.15) is 5.56 Å². The van der Waals surface area contributed by atoms with E-state index in [2.05, 4.69) is 15.7 Å². The number of anilines is 2. The fourth-order valence-corrected chi connectivity index (χ4v) is 3.01. The summed E-state index contributed by atoms with van der Waals surface area (Å²) < 4.78 is 1.70. The first kappa shape index (κ1) is 19.1. The molecule has 1 aromatic heterocycles. The number of nitro benzene ring substituents is 1. The minimum atomic E-state index is -0.467. The molecule has 10 heteroatoms. The van der Waals surface area contributed by atoms with Gasteiger partial charge in [0.15, 0.2) is 10.9 Å². The number of nitro groups is 1. The van der Waals surface area contributed by atoms with Crippen molar-refractivity contribution < 1.29 is 4.92 Å². The first-order valence-corrected chi connectivity index (χ1v) is 8.87. The standard InChI is InChI=1S/C17H13Cl2N5O2S/c18-12-5-4-11(15(19)8-12)10-23-7-6-16(22-23)21-17(27)20-13-2-1-3-14(9-13)24(25)26/h1-9H,10H2,(H2,20,21,22,27). The largest absolute Gasteiger partial charge is 0.332 e. The van der Waals surface area contributed by atoms with Gasteiger partial charge < -0.3 is 10.6 Å². The molecule has 0 aliphatic rings. The molecule has 1 heterocycles. The van der Waals surface area contributed by atoms with Gasteiger partial charge in [-0.25, -0.2) is 0 Å². The van der Waals surface area contributed by atoms with Crippen molar-refractivity contribution in [3.8, 4) is 0 Å². The molecule has 0 amide bonds. The molecule has 138 valence electrons. The van der Waals surface area contributed by atoms with Crippen molar-refractivity contribution in [1.29, 1.82) is 0 Å². The third-order valence-corrected chi connectivity index (χ3v) is 4.34. The van der Waals surface area contributed by atoms with Gasteiger partial charge in [-0.3, -0.25) is 14.8 Å². The van der Waals surface area contributed by atoms with Crippen molar-refractivity contribution in [2.45, 2.75) is 6.54 Å². The Morgan fingerprint density at radius 2 is 2.00 bits per heavy atom. The van der Waals surface area contributed by atoms with Gasteiger partial charge in [0.2, 0.25) is 0 Å². The molecule has 0 radical (unpaired) electrons. The summed E-state index contributed by atoms with van der Waals surface area (Å²) in [5, 5.41) is 22.4. The fourth-order valence-electron chi connectivity index (χ4n) is 2.32. The molecule has 0 fully saturated rings. The Morgan fingerprint density at radius 3 is 2.74 bits per heavy atom. The highest BCUT2D eigenvalue weighted by molar-refractivity contribution is 7.80. The van der Waals surface area contributed by atoms with Crippen LogP contribution in [0.15, 0.2) is 54.7 Å². The van der Waals surface area contributed by atoms with Crippen LogP contribution in [0.4, 0.5) is 17.2 Å². The molecule has 0 saturated carbocycles. The molecular weight excluding hydrogens is 409 g/mol. The van der Waals surface area contributed by atoms with E-state index in [0.29, 0.717) is 28.1 Å². The van der Waals surface area contributed by atoms with Crippen LogP contribution in [0.5, 0.6) is 0 Å². The zero-order valence-electron chi connectivity index (χ0n) is 13.7. The highest BCUT2D eigenvalue weighted by Crippen LogP contribution is 2.22. The summed E-state index contributed by atoms with van der Waals surface area (Å²) in [6.07, 6.45) is 1.78. The quantitative estimate of drug-likeness (QED) is 0.344. The number of hydrogen-bond acceptors (Lipinski definition) is 4. The van der Waals surface area contributed by atoms with E-state index in [-0.39, 0.29) is 10.8 Å². The lowest BCUT2D eigenvalue weighted by molar-refractivity contribution is -0.384. The maximum absolute atomic E-state index is 10.8. The predicted molar refractivity (Wildman–Crippen MR) is 111 cm³/mol. The molecule has 2 N–H and O–H groups in total. The summed E-state index contributed by atoms with van der Waals surface area (Å²) in [5.41, 5.74) is 1.37. The molecule has 3 aromatic rings. The average molecular weight is 422 g/mol. The Morgan fingerprint density at radius 1 is 1.19 bits per heavy atom. The molecule has 0 bridgehead atoms. The highest BCUT2D eigenvalue weighted by Gasteiger charge is 2.08. The van der Waals surface area contributed by atoms with Crippen LogP contribution < -0.4 is 10.6 Å². The monoisotopic (exact) mass is 421 g/mol. The molecule has 27 heavy (non-hydrogen) atoms. The third-order valence-electron chi connectivity index (χ3n) is 3.54. The highest BCUT2D eigenvalue weighted by atomic mass is 35.5.